The smallest absolute Gasteiger partial charge is 0.194 e. The third-order valence-corrected chi connectivity index (χ3v) is 3.96. The summed E-state index contributed by atoms with van der Waals surface area (Å²) in [4.78, 5) is 12.7. The van der Waals surface area contributed by atoms with Crippen LogP contribution in [0.2, 0.25) is 0 Å². The molecule has 1 aromatic rings. The number of hydrogen-bond acceptors (Lipinski definition) is 4. The van der Waals surface area contributed by atoms with Crippen molar-refractivity contribution in [2.45, 2.75) is 38.7 Å². The molecule has 4 heteroatoms. The van der Waals surface area contributed by atoms with Gasteiger partial charge in [0, 0.05) is 19.1 Å². The maximum absolute atomic E-state index is 12.7. The van der Waals surface area contributed by atoms with Crippen LogP contribution in [0.1, 0.15) is 43.5 Å². The molecule has 1 aliphatic rings. The van der Waals surface area contributed by atoms with Gasteiger partial charge in [0.2, 0.25) is 0 Å². The average molecular weight is 278 g/mol. The lowest BCUT2D eigenvalue weighted by Crippen LogP contribution is -2.39. The van der Waals surface area contributed by atoms with E-state index in [2.05, 4.69) is 0 Å². The van der Waals surface area contributed by atoms with Crippen LogP contribution in [0.4, 0.5) is 0 Å². The van der Waals surface area contributed by atoms with Crippen LogP contribution in [-0.4, -0.2) is 31.7 Å². The maximum Gasteiger partial charge on any atom is 0.194 e. The third-order valence-electron chi connectivity index (χ3n) is 3.96. The molecule has 1 aromatic carbocycles. The molecule has 0 unspecified atom stereocenters. The van der Waals surface area contributed by atoms with Gasteiger partial charge in [-0.15, -0.1) is 0 Å². The number of fused-ring (bicyclic) bond motifs is 1. The molecule has 0 saturated heterocycles. The molecule has 0 spiro atoms. The Labute approximate surface area is 120 Å². The molecule has 110 valence electrons. The molecule has 1 heterocycles. The van der Waals surface area contributed by atoms with Crippen LogP contribution >= 0.6 is 0 Å². The molecule has 0 saturated carbocycles. The molecule has 0 N–H and O–H groups in total. The van der Waals surface area contributed by atoms with Crippen LogP contribution in [0.3, 0.4) is 0 Å². The second kappa shape index (κ2) is 6.27. The number of rotatable bonds is 5. The molecule has 0 bridgehead atoms. The van der Waals surface area contributed by atoms with Crippen molar-refractivity contribution in [3.05, 3.63) is 23.8 Å². The topological polar surface area (TPSA) is 44.8 Å². The van der Waals surface area contributed by atoms with Gasteiger partial charge >= 0.3 is 0 Å². The van der Waals surface area contributed by atoms with E-state index >= 15 is 0 Å². The highest BCUT2D eigenvalue weighted by molar-refractivity contribution is 6.03. The number of methoxy groups -OCH3 is 1. The van der Waals surface area contributed by atoms with Gasteiger partial charge in [-0.1, -0.05) is 13.8 Å². The lowest BCUT2D eigenvalue weighted by atomic mass is 9.87. The van der Waals surface area contributed by atoms with E-state index in [0.717, 1.165) is 6.42 Å². The van der Waals surface area contributed by atoms with Crippen LogP contribution in [-0.2, 0) is 4.74 Å². The van der Waals surface area contributed by atoms with Crippen molar-refractivity contribution in [2.24, 2.45) is 0 Å². The molecular weight excluding hydrogens is 256 g/mol. The normalized spacial score (nSPS) is 14.8. The Morgan fingerprint density at radius 1 is 1.20 bits per heavy atom. The second-order valence-corrected chi connectivity index (χ2v) is 4.95. The van der Waals surface area contributed by atoms with Crippen LogP contribution in [0.5, 0.6) is 11.5 Å². The zero-order valence-corrected chi connectivity index (χ0v) is 12.4. The van der Waals surface area contributed by atoms with E-state index in [1.807, 2.05) is 13.8 Å². The Balaban J connectivity index is 2.33. The Morgan fingerprint density at radius 3 is 2.45 bits per heavy atom. The predicted octanol–water partition coefficient (Wildman–Crippen LogP) is 3.24. The summed E-state index contributed by atoms with van der Waals surface area (Å²) in [6.07, 6.45) is 2.14. The number of ether oxygens (including phenoxy) is 3. The first-order valence-electron chi connectivity index (χ1n) is 7.16. The fourth-order valence-electron chi connectivity index (χ4n) is 2.52. The van der Waals surface area contributed by atoms with Crippen molar-refractivity contribution < 1.29 is 19.0 Å². The number of carbonyl (C=O) groups excluding carboxylic acids is 1. The van der Waals surface area contributed by atoms with Gasteiger partial charge < -0.3 is 14.2 Å². The lowest BCUT2D eigenvalue weighted by Gasteiger charge is -2.28. The van der Waals surface area contributed by atoms with Crippen molar-refractivity contribution in [3.8, 4) is 11.5 Å². The quantitative estimate of drug-likeness (QED) is 0.776. The van der Waals surface area contributed by atoms with Gasteiger partial charge in [-0.3, -0.25) is 4.79 Å². The maximum atomic E-state index is 12.7. The summed E-state index contributed by atoms with van der Waals surface area (Å²) in [7, 11) is 1.59. The van der Waals surface area contributed by atoms with E-state index in [1.165, 1.54) is 0 Å². The molecule has 0 amide bonds. The standard InChI is InChI=1S/C16H22O4/c1-4-16(5-2,18-3)15(17)12-7-8-13-14(11-12)20-10-6-9-19-13/h7-8,11H,4-6,9-10H2,1-3H3. The molecule has 0 fully saturated rings. The third kappa shape index (κ3) is 2.66. The highest BCUT2D eigenvalue weighted by Gasteiger charge is 2.35. The fourth-order valence-corrected chi connectivity index (χ4v) is 2.52. The first-order chi connectivity index (χ1) is 9.66. The van der Waals surface area contributed by atoms with E-state index in [9.17, 15) is 4.79 Å². The van der Waals surface area contributed by atoms with Crippen molar-refractivity contribution >= 4 is 5.78 Å². The number of hydrogen-bond donors (Lipinski definition) is 0. The minimum atomic E-state index is -0.750. The molecule has 0 atom stereocenters. The highest BCUT2D eigenvalue weighted by atomic mass is 16.5. The van der Waals surface area contributed by atoms with Crippen molar-refractivity contribution in [3.63, 3.8) is 0 Å². The number of benzene rings is 1. The molecular formula is C16H22O4. The minimum Gasteiger partial charge on any atom is -0.490 e. The van der Waals surface area contributed by atoms with Crippen LogP contribution in [0, 0.1) is 0 Å². The number of ketones is 1. The fraction of sp³-hybridized carbons (Fsp3) is 0.562. The molecule has 0 aromatic heterocycles. The number of Topliss-reactive ketones (excluding diaryl/α,β-unsaturated/α-hetero) is 1. The highest BCUT2D eigenvalue weighted by Crippen LogP contribution is 2.33. The van der Waals surface area contributed by atoms with Crippen molar-refractivity contribution in [1.82, 2.24) is 0 Å². The molecule has 2 rings (SSSR count). The summed E-state index contributed by atoms with van der Waals surface area (Å²) >= 11 is 0. The summed E-state index contributed by atoms with van der Waals surface area (Å²) < 4.78 is 16.7. The van der Waals surface area contributed by atoms with Gasteiger partial charge in [0.1, 0.15) is 5.60 Å². The van der Waals surface area contributed by atoms with E-state index in [0.29, 0.717) is 43.1 Å². The van der Waals surface area contributed by atoms with Gasteiger partial charge in [0.05, 0.1) is 13.2 Å². The Morgan fingerprint density at radius 2 is 1.85 bits per heavy atom. The van der Waals surface area contributed by atoms with Gasteiger partial charge in [-0.2, -0.15) is 0 Å². The van der Waals surface area contributed by atoms with Crippen LogP contribution in [0.15, 0.2) is 18.2 Å². The summed E-state index contributed by atoms with van der Waals surface area (Å²) in [5.74, 6) is 1.35. The zero-order valence-electron chi connectivity index (χ0n) is 12.4. The van der Waals surface area contributed by atoms with E-state index in [1.54, 1.807) is 25.3 Å². The van der Waals surface area contributed by atoms with E-state index in [4.69, 9.17) is 14.2 Å². The summed E-state index contributed by atoms with van der Waals surface area (Å²) in [6.45, 7) is 5.19. The number of carbonyl (C=O) groups is 1. The summed E-state index contributed by atoms with van der Waals surface area (Å²) in [5.41, 5.74) is -0.139. The van der Waals surface area contributed by atoms with Gasteiger partial charge in [0.15, 0.2) is 17.3 Å². The Hall–Kier alpha value is -1.55. The SMILES string of the molecule is CCC(CC)(OC)C(=O)c1ccc2c(c1)OCCCO2. The molecule has 20 heavy (non-hydrogen) atoms. The summed E-state index contributed by atoms with van der Waals surface area (Å²) in [5, 5.41) is 0. The van der Waals surface area contributed by atoms with E-state index < -0.39 is 5.60 Å². The van der Waals surface area contributed by atoms with Gasteiger partial charge in [-0.05, 0) is 31.0 Å². The minimum absolute atomic E-state index is 0.000599. The van der Waals surface area contributed by atoms with Crippen LogP contribution in [0.25, 0.3) is 0 Å². The molecule has 0 radical (unpaired) electrons. The Bertz CT molecular complexity index is 469. The second-order valence-electron chi connectivity index (χ2n) is 4.95. The Kier molecular flexibility index (Phi) is 4.65. The molecule has 1 aliphatic heterocycles. The van der Waals surface area contributed by atoms with Crippen molar-refractivity contribution in [2.75, 3.05) is 20.3 Å². The molecule has 0 aliphatic carbocycles. The van der Waals surface area contributed by atoms with E-state index in [-0.39, 0.29) is 5.78 Å². The van der Waals surface area contributed by atoms with Crippen LogP contribution < -0.4 is 9.47 Å². The van der Waals surface area contributed by atoms with Gasteiger partial charge in [0.25, 0.3) is 0 Å². The first kappa shape index (κ1) is 14.9. The average Bonchev–Trinajstić information content (AvgIpc) is 2.73. The van der Waals surface area contributed by atoms with Gasteiger partial charge in [-0.25, -0.2) is 0 Å². The first-order valence-corrected chi connectivity index (χ1v) is 7.16. The lowest BCUT2D eigenvalue weighted by molar-refractivity contribution is -0.00263. The molecule has 4 nitrogen and oxygen atoms in total. The summed E-state index contributed by atoms with van der Waals surface area (Å²) in [6, 6.07) is 5.36. The zero-order chi connectivity index (χ0) is 14.6. The largest absolute Gasteiger partial charge is 0.490 e. The predicted molar refractivity (Wildman–Crippen MR) is 76.7 cm³/mol. The monoisotopic (exact) mass is 278 g/mol. The van der Waals surface area contributed by atoms with Crippen molar-refractivity contribution in [1.29, 1.82) is 0 Å².